The van der Waals surface area contributed by atoms with E-state index >= 15 is 0 Å². The number of fused-ring (bicyclic) bond motifs is 1. The van der Waals surface area contributed by atoms with Gasteiger partial charge in [0.05, 0.1) is 6.61 Å². The van der Waals surface area contributed by atoms with Crippen molar-refractivity contribution in [3.8, 4) is 0 Å². The van der Waals surface area contributed by atoms with Crippen LogP contribution in [0, 0.1) is 0 Å². The van der Waals surface area contributed by atoms with Crippen molar-refractivity contribution in [1.29, 1.82) is 0 Å². The molecule has 3 nitrogen and oxygen atoms in total. The van der Waals surface area contributed by atoms with Gasteiger partial charge in [0.1, 0.15) is 0 Å². The lowest BCUT2D eigenvalue weighted by molar-refractivity contribution is 0.181. The van der Waals surface area contributed by atoms with Gasteiger partial charge in [-0.15, -0.1) is 0 Å². The first-order chi connectivity index (χ1) is 8.76. The van der Waals surface area contributed by atoms with Gasteiger partial charge in [-0.05, 0) is 25.0 Å². The highest BCUT2D eigenvalue weighted by atomic mass is 16.5. The summed E-state index contributed by atoms with van der Waals surface area (Å²) < 4.78 is 5.32. The average molecular weight is 248 g/mol. The molecule has 0 spiro atoms. The van der Waals surface area contributed by atoms with Gasteiger partial charge in [-0.1, -0.05) is 25.1 Å². The number of para-hydroxylation sites is 1. The van der Waals surface area contributed by atoms with Crippen molar-refractivity contribution in [3.05, 3.63) is 29.8 Å². The fourth-order valence-corrected chi connectivity index (χ4v) is 2.62. The van der Waals surface area contributed by atoms with Crippen LogP contribution in [0.2, 0.25) is 0 Å². The maximum absolute atomic E-state index is 5.32. The summed E-state index contributed by atoms with van der Waals surface area (Å²) in [4.78, 5) is 2.48. The first kappa shape index (κ1) is 13.4. The van der Waals surface area contributed by atoms with E-state index in [4.69, 9.17) is 4.74 Å². The first-order valence-corrected chi connectivity index (χ1v) is 6.83. The average Bonchev–Trinajstić information content (AvgIpc) is 2.58. The predicted molar refractivity (Wildman–Crippen MR) is 76.0 cm³/mol. The molecular formula is C15H24N2O. The van der Waals surface area contributed by atoms with Gasteiger partial charge in [0.25, 0.3) is 0 Å². The third kappa shape index (κ3) is 2.85. The Labute approximate surface area is 110 Å². The molecule has 1 heterocycles. The second-order valence-electron chi connectivity index (χ2n) is 5.07. The normalized spacial score (nSPS) is 21.3. The van der Waals surface area contributed by atoms with Crippen LogP contribution in [-0.2, 0) is 11.3 Å². The van der Waals surface area contributed by atoms with Gasteiger partial charge in [0.2, 0.25) is 0 Å². The second kappa shape index (κ2) is 6.21. The van der Waals surface area contributed by atoms with E-state index in [0.29, 0.717) is 12.1 Å². The number of methoxy groups -OCH3 is 1. The molecule has 0 fully saturated rings. The van der Waals surface area contributed by atoms with Gasteiger partial charge in [-0.2, -0.15) is 0 Å². The molecule has 2 atom stereocenters. The van der Waals surface area contributed by atoms with Crippen LogP contribution in [0.4, 0.5) is 5.69 Å². The van der Waals surface area contributed by atoms with Crippen molar-refractivity contribution in [3.63, 3.8) is 0 Å². The van der Waals surface area contributed by atoms with E-state index in [9.17, 15) is 0 Å². The Balaban J connectivity index is 2.27. The molecule has 0 amide bonds. The van der Waals surface area contributed by atoms with Gasteiger partial charge in [0.15, 0.2) is 0 Å². The lowest BCUT2D eigenvalue weighted by atomic mass is 10.1. The number of rotatable bonds is 4. The first-order valence-electron chi connectivity index (χ1n) is 6.83. The van der Waals surface area contributed by atoms with Crippen LogP contribution in [0.25, 0.3) is 0 Å². The SMILES string of the molecule is CCC1CN(C(C)COC)c2ccccc2CN1. The van der Waals surface area contributed by atoms with Crippen molar-refractivity contribution >= 4 is 5.69 Å². The highest BCUT2D eigenvalue weighted by Crippen LogP contribution is 2.25. The molecule has 1 N–H and O–H groups in total. The molecule has 1 aromatic rings. The minimum Gasteiger partial charge on any atom is -0.383 e. The second-order valence-corrected chi connectivity index (χ2v) is 5.07. The number of hydrogen-bond donors (Lipinski definition) is 1. The molecule has 100 valence electrons. The molecule has 0 bridgehead atoms. The number of hydrogen-bond acceptors (Lipinski definition) is 3. The summed E-state index contributed by atoms with van der Waals surface area (Å²) in [6, 6.07) is 9.64. The van der Waals surface area contributed by atoms with E-state index in [1.54, 1.807) is 7.11 Å². The van der Waals surface area contributed by atoms with Crippen LogP contribution in [0.15, 0.2) is 24.3 Å². The summed E-state index contributed by atoms with van der Waals surface area (Å²) in [5.41, 5.74) is 2.74. The van der Waals surface area contributed by atoms with Gasteiger partial charge >= 0.3 is 0 Å². The summed E-state index contributed by atoms with van der Waals surface area (Å²) in [6.07, 6.45) is 1.16. The molecule has 3 heteroatoms. The Bertz CT molecular complexity index is 381. The Morgan fingerprint density at radius 1 is 1.44 bits per heavy atom. The molecule has 0 aliphatic carbocycles. The fourth-order valence-electron chi connectivity index (χ4n) is 2.62. The zero-order valence-corrected chi connectivity index (χ0v) is 11.6. The van der Waals surface area contributed by atoms with Crippen LogP contribution in [-0.4, -0.2) is 32.3 Å². The minimum absolute atomic E-state index is 0.408. The van der Waals surface area contributed by atoms with Crippen molar-refractivity contribution in [2.75, 3.05) is 25.2 Å². The van der Waals surface area contributed by atoms with Gasteiger partial charge in [-0.3, -0.25) is 0 Å². The van der Waals surface area contributed by atoms with E-state index in [-0.39, 0.29) is 0 Å². The van der Waals surface area contributed by atoms with Crippen LogP contribution in [0.5, 0.6) is 0 Å². The lowest BCUT2D eigenvalue weighted by Gasteiger charge is -2.32. The van der Waals surface area contributed by atoms with E-state index in [2.05, 4.69) is 48.3 Å². The molecule has 0 saturated carbocycles. The smallest absolute Gasteiger partial charge is 0.0663 e. The quantitative estimate of drug-likeness (QED) is 0.885. The number of benzene rings is 1. The number of anilines is 1. The van der Waals surface area contributed by atoms with Gasteiger partial charge in [0, 0.05) is 38.0 Å². The maximum Gasteiger partial charge on any atom is 0.0663 e. The number of nitrogens with one attached hydrogen (secondary N) is 1. The van der Waals surface area contributed by atoms with Crippen LogP contribution in [0.3, 0.4) is 0 Å². The van der Waals surface area contributed by atoms with Crippen molar-refractivity contribution in [1.82, 2.24) is 5.32 Å². The molecule has 0 radical (unpaired) electrons. The Morgan fingerprint density at radius 2 is 2.22 bits per heavy atom. The molecule has 0 aromatic heterocycles. The third-order valence-corrected chi connectivity index (χ3v) is 3.73. The highest BCUT2D eigenvalue weighted by molar-refractivity contribution is 5.55. The Morgan fingerprint density at radius 3 is 2.94 bits per heavy atom. The molecule has 0 saturated heterocycles. The highest BCUT2D eigenvalue weighted by Gasteiger charge is 2.23. The number of nitrogens with zero attached hydrogens (tertiary/aromatic N) is 1. The van der Waals surface area contributed by atoms with E-state index in [0.717, 1.165) is 26.1 Å². The summed E-state index contributed by atoms with van der Waals surface area (Å²) in [5.74, 6) is 0. The minimum atomic E-state index is 0.408. The molecule has 2 unspecified atom stereocenters. The van der Waals surface area contributed by atoms with Crippen molar-refractivity contribution < 1.29 is 4.74 Å². The summed E-state index contributed by atoms with van der Waals surface area (Å²) in [6.45, 7) is 7.26. The zero-order chi connectivity index (χ0) is 13.0. The monoisotopic (exact) mass is 248 g/mol. The largest absolute Gasteiger partial charge is 0.383 e. The van der Waals surface area contributed by atoms with Crippen molar-refractivity contribution in [2.45, 2.75) is 38.9 Å². The summed E-state index contributed by atoms with van der Waals surface area (Å²) >= 11 is 0. The molecular weight excluding hydrogens is 224 g/mol. The van der Waals surface area contributed by atoms with Gasteiger partial charge in [-0.25, -0.2) is 0 Å². The van der Waals surface area contributed by atoms with Gasteiger partial charge < -0.3 is 15.0 Å². The summed E-state index contributed by atoms with van der Waals surface area (Å²) in [7, 11) is 1.77. The van der Waals surface area contributed by atoms with Crippen LogP contribution >= 0.6 is 0 Å². The molecule has 18 heavy (non-hydrogen) atoms. The van der Waals surface area contributed by atoms with Crippen LogP contribution < -0.4 is 10.2 Å². The zero-order valence-electron chi connectivity index (χ0n) is 11.6. The maximum atomic E-state index is 5.32. The molecule has 1 aliphatic rings. The predicted octanol–water partition coefficient (Wildman–Crippen LogP) is 2.41. The van der Waals surface area contributed by atoms with Crippen molar-refractivity contribution in [2.24, 2.45) is 0 Å². The lowest BCUT2D eigenvalue weighted by Crippen LogP contribution is -2.43. The van der Waals surface area contributed by atoms with Crippen LogP contribution in [0.1, 0.15) is 25.8 Å². The fraction of sp³-hybridized carbons (Fsp3) is 0.600. The number of ether oxygens (including phenoxy) is 1. The topological polar surface area (TPSA) is 24.5 Å². The molecule has 2 rings (SSSR count). The Kier molecular flexibility index (Phi) is 4.61. The third-order valence-electron chi connectivity index (χ3n) is 3.73. The van der Waals surface area contributed by atoms with E-state index < -0.39 is 0 Å². The van der Waals surface area contributed by atoms with E-state index in [1.165, 1.54) is 11.3 Å². The van der Waals surface area contributed by atoms with E-state index in [1.807, 2.05) is 0 Å². The Hall–Kier alpha value is -1.06. The standard InChI is InChI=1S/C15H24N2O/c1-4-14-10-17(12(2)11-18-3)15-8-6-5-7-13(15)9-16-14/h5-8,12,14,16H,4,9-11H2,1-3H3. The molecule has 1 aromatic carbocycles. The summed E-state index contributed by atoms with van der Waals surface area (Å²) in [5, 5.41) is 3.63. The molecule has 1 aliphatic heterocycles.